The number of nitrogens with zero attached hydrogens (tertiary/aromatic N) is 1. The number of hydrogen-bond donors (Lipinski definition) is 2. The Bertz CT molecular complexity index is 618. The molecule has 25 heavy (non-hydrogen) atoms. The second-order valence-electron chi connectivity index (χ2n) is 6.25. The monoisotopic (exact) mass is 349 g/mol. The van der Waals surface area contributed by atoms with E-state index in [0.29, 0.717) is 23.6 Å². The van der Waals surface area contributed by atoms with Crippen LogP contribution in [-0.2, 0) is 4.79 Å². The zero-order valence-electron chi connectivity index (χ0n) is 15.1. The number of hydrogen-bond acceptors (Lipinski definition) is 5. The summed E-state index contributed by atoms with van der Waals surface area (Å²) in [5, 5.41) is 2.48. The van der Waals surface area contributed by atoms with Crippen molar-refractivity contribution in [3.05, 3.63) is 23.8 Å². The summed E-state index contributed by atoms with van der Waals surface area (Å²) in [5.74, 6) is 0.544. The average Bonchev–Trinajstić information content (AvgIpc) is 2.65. The van der Waals surface area contributed by atoms with Crippen molar-refractivity contribution in [3.63, 3.8) is 0 Å². The minimum atomic E-state index is -0.240. The number of likely N-dealkylation sites (tertiary alicyclic amines) is 1. The lowest BCUT2D eigenvalue weighted by Crippen LogP contribution is -2.51. The number of nitrogens with one attached hydrogen (secondary N) is 1. The summed E-state index contributed by atoms with van der Waals surface area (Å²) in [5.41, 5.74) is 6.58. The lowest BCUT2D eigenvalue weighted by Gasteiger charge is -2.38. The molecule has 0 radical (unpaired) electrons. The minimum absolute atomic E-state index is 0.0522. The second-order valence-corrected chi connectivity index (χ2v) is 6.25. The zero-order chi connectivity index (χ0) is 18.4. The molecule has 0 aliphatic carbocycles. The van der Waals surface area contributed by atoms with E-state index in [-0.39, 0.29) is 30.5 Å². The minimum Gasteiger partial charge on any atom is -0.493 e. The highest BCUT2D eigenvalue weighted by Crippen LogP contribution is 2.30. The predicted octanol–water partition coefficient (Wildman–Crippen LogP) is 1.16. The van der Waals surface area contributed by atoms with E-state index in [2.05, 4.69) is 5.32 Å². The standard InChI is InChI=1S/C18H27N3O4/c1-12(19)14-6-4-5-9-21(14)18(23)13-7-8-15(16(10-13)24-3)25-11-17(22)20-2/h7-8,10,12,14H,4-6,9,11,19H2,1-3H3,(H,20,22)/t12-,14+/m0/s1. The maximum Gasteiger partial charge on any atom is 0.257 e. The predicted molar refractivity (Wildman–Crippen MR) is 94.9 cm³/mol. The first kappa shape index (κ1) is 19.1. The molecule has 0 aromatic heterocycles. The zero-order valence-corrected chi connectivity index (χ0v) is 15.1. The van der Waals surface area contributed by atoms with Crippen LogP contribution < -0.4 is 20.5 Å². The fourth-order valence-electron chi connectivity index (χ4n) is 3.06. The first-order valence-electron chi connectivity index (χ1n) is 8.56. The van der Waals surface area contributed by atoms with Crippen molar-refractivity contribution in [2.24, 2.45) is 5.73 Å². The quantitative estimate of drug-likeness (QED) is 0.804. The Labute approximate surface area is 148 Å². The van der Waals surface area contributed by atoms with E-state index in [0.717, 1.165) is 19.3 Å². The summed E-state index contributed by atoms with van der Waals surface area (Å²) in [7, 11) is 3.04. The number of carbonyl (C=O) groups is 2. The molecule has 0 bridgehead atoms. The summed E-state index contributed by atoms with van der Waals surface area (Å²) in [6, 6.07) is 4.98. The fourth-order valence-corrected chi connectivity index (χ4v) is 3.06. The Hall–Kier alpha value is -2.28. The molecular formula is C18H27N3O4. The van der Waals surface area contributed by atoms with E-state index in [1.165, 1.54) is 14.2 Å². The second kappa shape index (κ2) is 8.71. The number of piperidine rings is 1. The molecule has 2 rings (SSSR count). The lowest BCUT2D eigenvalue weighted by atomic mass is 9.96. The molecule has 7 nitrogen and oxygen atoms in total. The Morgan fingerprint density at radius 1 is 1.36 bits per heavy atom. The Kier molecular flexibility index (Phi) is 6.64. The van der Waals surface area contributed by atoms with E-state index in [1.54, 1.807) is 18.2 Å². The third-order valence-corrected chi connectivity index (χ3v) is 4.47. The van der Waals surface area contributed by atoms with E-state index >= 15 is 0 Å². The van der Waals surface area contributed by atoms with E-state index in [4.69, 9.17) is 15.2 Å². The number of carbonyl (C=O) groups excluding carboxylic acids is 2. The van der Waals surface area contributed by atoms with Gasteiger partial charge in [0.15, 0.2) is 18.1 Å². The molecule has 0 unspecified atom stereocenters. The lowest BCUT2D eigenvalue weighted by molar-refractivity contribution is -0.122. The van der Waals surface area contributed by atoms with Crippen LogP contribution in [0.1, 0.15) is 36.5 Å². The highest BCUT2D eigenvalue weighted by Gasteiger charge is 2.30. The molecule has 1 aromatic rings. The van der Waals surface area contributed by atoms with Crippen molar-refractivity contribution < 1.29 is 19.1 Å². The first-order chi connectivity index (χ1) is 12.0. The molecule has 3 N–H and O–H groups in total. The van der Waals surface area contributed by atoms with Gasteiger partial charge in [-0.3, -0.25) is 9.59 Å². The maximum atomic E-state index is 12.9. The summed E-state index contributed by atoms with van der Waals surface area (Å²) in [6.07, 6.45) is 3.00. The summed E-state index contributed by atoms with van der Waals surface area (Å²) in [6.45, 7) is 2.54. The van der Waals surface area contributed by atoms with Gasteiger partial charge in [-0.25, -0.2) is 0 Å². The van der Waals surface area contributed by atoms with Gasteiger partial charge in [0.2, 0.25) is 0 Å². The molecule has 2 atom stereocenters. The van der Waals surface area contributed by atoms with Crippen LogP contribution in [0.2, 0.25) is 0 Å². The van der Waals surface area contributed by atoms with Crippen LogP contribution >= 0.6 is 0 Å². The fraction of sp³-hybridized carbons (Fsp3) is 0.556. The topological polar surface area (TPSA) is 93.9 Å². The molecule has 2 amide bonds. The Morgan fingerprint density at radius 2 is 2.12 bits per heavy atom. The summed E-state index contributed by atoms with van der Waals surface area (Å²) >= 11 is 0. The normalized spacial score (nSPS) is 18.4. The van der Waals surface area contributed by atoms with Crippen LogP contribution in [-0.4, -0.2) is 56.1 Å². The Morgan fingerprint density at radius 3 is 2.76 bits per heavy atom. The smallest absolute Gasteiger partial charge is 0.257 e. The van der Waals surface area contributed by atoms with Crippen LogP contribution in [0.5, 0.6) is 11.5 Å². The molecule has 0 saturated carbocycles. The van der Waals surface area contributed by atoms with Gasteiger partial charge in [-0.15, -0.1) is 0 Å². The van der Waals surface area contributed by atoms with Crippen molar-refractivity contribution in [1.82, 2.24) is 10.2 Å². The molecule has 1 fully saturated rings. The molecular weight excluding hydrogens is 322 g/mol. The summed E-state index contributed by atoms with van der Waals surface area (Å²) < 4.78 is 10.7. The van der Waals surface area contributed by atoms with Gasteiger partial charge >= 0.3 is 0 Å². The van der Waals surface area contributed by atoms with Crippen molar-refractivity contribution >= 4 is 11.8 Å². The van der Waals surface area contributed by atoms with Gasteiger partial charge in [0.25, 0.3) is 11.8 Å². The van der Waals surface area contributed by atoms with Gasteiger partial charge < -0.3 is 25.4 Å². The SMILES string of the molecule is CNC(=O)COc1ccc(C(=O)N2CCCC[C@@H]2[C@H](C)N)cc1OC. The largest absolute Gasteiger partial charge is 0.493 e. The van der Waals surface area contributed by atoms with Gasteiger partial charge in [-0.2, -0.15) is 0 Å². The average molecular weight is 349 g/mol. The number of likely N-dealkylation sites (N-methyl/N-ethyl adjacent to an activating group) is 1. The van der Waals surface area contributed by atoms with Crippen LogP contribution in [0, 0.1) is 0 Å². The molecule has 1 aromatic carbocycles. The molecule has 1 heterocycles. The van der Waals surface area contributed by atoms with Crippen molar-refractivity contribution in [2.45, 2.75) is 38.3 Å². The van der Waals surface area contributed by atoms with Crippen LogP contribution in [0.25, 0.3) is 0 Å². The van der Waals surface area contributed by atoms with Gasteiger partial charge in [-0.1, -0.05) is 0 Å². The van der Waals surface area contributed by atoms with Crippen molar-refractivity contribution in [1.29, 1.82) is 0 Å². The Balaban J connectivity index is 2.18. The van der Waals surface area contributed by atoms with Crippen LogP contribution in [0.4, 0.5) is 0 Å². The van der Waals surface area contributed by atoms with Gasteiger partial charge in [0, 0.05) is 31.2 Å². The number of amides is 2. The van der Waals surface area contributed by atoms with Gasteiger partial charge in [-0.05, 0) is 44.4 Å². The van der Waals surface area contributed by atoms with Crippen molar-refractivity contribution in [2.75, 3.05) is 27.3 Å². The van der Waals surface area contributed by atoms with Crippen LogP contribution in [0.3, 0.4) is 0 Å². The molecule has 1 saturated heterocycles. The van der Waals surface area contributed by atoms with E-state index in [1.807, 2.05) is 11.8 Å². The van der Waals surface area contributed by atoms with E-state index < -0.39 is 0 Å². The third kappa shape index (κ3) is 4.63. The van der Waals surface area contributed by atoms with Crippen LogP contribution in [0.15, 0.2) is 18.2 Å². The first-order valence-corrected chi connectivity index (χ1v) is 8.56. The number of methoxy groups -OCH3 is 1. The number of ether oxygens (including phenoxy) is 2. The third-order valence-electron chi connectivity index (χ3n) is 4.47. The van der Waals surface area contributed by atoms with Crippen molar-refractivity contribution in [3.8, 4) is 11.5 Å². The molecule has 1 aliphatic rings. The highest BCUT2D eigenvalue weighted by atomic mass is 16.5. The number of benzene rings is 1. The molecule has 138 valence electrons. The number of rotatable bonds is 6. The molecule has 0 spiro atoms. The summed E-state index contributed by atoms with van der Waals surface area (Å²) in [4.78, 5) is 26.1. The van der Waals surface area contributed by atoms with E-state index in [9.17, 15) is 9.59 Å². The highest BCUT2D eigenvalue weighted by molar-refractivity contribution is 5.95. The number of nitrogens with two attached hydrogens (primary N) is 1. The maximum absolute atomic E-state index is 12.9. The molecule has 7 heteroatoms. The van der Waals surface area contributed by atoms with Gasteiger partial charge in [0.05, 0.1) is 7.11 Å². The molecule has 1 aliphatic heterocycles. The van der Waals surface area contributed by atoms with Gasteiger partial charge in [0.1, 0.15) is 0 Å².